The number of hydrogen-bond donors (Lipinski definition) is 1. The van der Waals surface area contributed by atoms with Crippen molar-refractivity contribution in [3.63, 3.8) is 0 Å². The zero-order chi connectivity index (χ0) is 15.1. The van der Waals surface area contributed by atoms with Crippen LogP contribution in [-0.2, 0) is 11.3 Å². The van der Waals surface area contributed by atoms with E-state index in [-0.39, 0.29) is 12.2 Å². The first-order valence-electron chi connectivity index (χ1n) is 6.44. The Morgan fingerprint density at radius 3 is 2.52 bits per heavy atom. The van der Waals surface area contributed by atoms with Crippen molar-refractivity contribution in [2.24, 2.45) is 0 Å². The van der Waals surface area contributed by atoms with Crippen molar-refractivity contribution in [1.82, 2.24) is 0 Å². The second kappa shape index (κ2) is 7.40. The number of carboxylic acids is 1. The minimum Gasteiger partial charge on any atom is -0.491 e. The van der Waals surface area contributed by atoms with Crippen molar-refractivity contribution < 1.29 is 23.8 Å². The fourth-order valence-electron chi connectivity index (χ4n) is 1.75. The minimum atomic E-state index is -1.28. The summed E-state index contributed by atoms with van der Waals surface area (Å²) in [5.41, 5.74) is 0.239. The van der Waals surface area contributed by atoms with Gasteiger partial charge in [-0.2, -0.15) is 0 Å². The van der Waals surface area contributed by atoms with E-state index in [2.05, 4.69) is 0 Å². The quantitative estimate of drug-likeness (QED) is 0.796. The Morgan fingerprint density at radius 1 is 1.10 bits per heavy atom. The fourth-order valence-corrected chi connectivity index (χ4v) is 1.75. The number of halogens is 1. The highest BCUT2D eigenvalue weighted by molar-refractivity contribution is 5.87. The number of para-hydroxylation sites is 1. The zero-order valence-electron chi connectivity index (χ0n) is 11.3. The Hall–Kier alpha value is -2.40. The van der Waals surface area contributed by atoms with Gasteiger partial charge >= 0.3 is 5.97 Å². The Bertz CT molecular complexity index is 598. The second-order valence-electron chi connectivity index (χ2n) is 4.33. The molecule has 0 aliphatic carbocycles. The summed E-state index contributed by atoms with van der Waals surface area (Å²) in [5.74, 6) is -1.28. The van der Waals surface area contributed by atoms with Gasteiger partial charge < -0.3 is 14.6 Å². The molecule has 0 spiro atoms. The van der Waals surface area contributed by atoms with Gasteiger partial charge in [0, 0.05) is 0 Å². The van der Waals surface area contributed by atoms with E-state index in [1.807, 2.05) is 30.3 Å². The normalized spacial score (nSPS) is 10.3. The van der Waals surface area contributed by atoms with E-state index in [0.29, 0.717) is 18.8 Å². The predicted molar refractivity (Wildman–Crippen MR) is 75.0 cm³/mol. The molecule has 110 valence electrons. The molecule has 0 atom stereocenters. The molecule has 0 fully saturated rings. The van der Waals surface area contributed by atoms with Gasteiger partial charge in [-0.1, -0.05) is 24.3 Å². The first kappa shape index (κ1) is 15.0. The van der Waals surface area contributed by atoms with E-state index in [9.17, 15) is 9.18 Å². The largest absolute Gasteiger partial charge is 0.491 e. The van der Waals surface area contributed by atoms with Gasteiger partial charge in [0.15, 0.2) is 0 Å². The number of rotatable bonds is 7. The van der Waals surface area contributed by atoms with Crippen LogP contribution in [0.1, 0.15) is 15.9 Å². The molecule has 2 aromatic rings. The van der Waals surface area contributed by atoms with Crippen LogP contribution >= 0.6 is 0 Å². The monoisotopic (exact) mass is 290 g/mol. The maximum atomic E-state index is 13.4. The number of hydrogen-bond acceptors (Lipinski definition) is 3. The van der Waals surface area contributed by atoms with Crippen molar-refractivity contribution >= 4 is 5.97 Å². The molecule has 4 nitrogen and oxygen atoms in total. The third-order valence-electron chi connectivity index (χ3n) is 2.77. The molecule has 0 radical (unpaired) electrons. The van der Waals surface area contributed by atoms with Crippen molar-refractivity contribution in [1.29, 1.82) is 0 Å². The highest BCUT2D eigenvalue weighted by Crippen LogP contribution is 2.12. The van der Waals surface area contributed by atoms with Crippen LogP contribution in [0, 0.1) is 5.82 Å². The van der Waals surface area contributed by atoms with Crippen LogP contribution in [0.5, 0.6) is 5.75 Å². The molecule has 0 bridgehead atoms. The Balaban J connectivity index is 1.74. The third kappa shape index (κ3) is 4.57. The lowest BCUT2D eigenvalue weighted by molar-refractivity contribution is 0.0691. The average Bonchev–Trinajstić information content (AvgIpc) is 2.47. The predicted octanol–water partition coefficient (Wildman–Crippen LogP) is 3.12. The van der Waals surface area contributed by atoms with Gasteiger partial charge in [-0.3, -0.25) is 0 Å². The standard InChI is InChI=1S/C16H15FO4/c17-15-10-12(6-7-14(15)16(18)19)11-20-8-9-21-13-4-2-1-3-5-13/h1-7,10H,8-9,11H2,(H,18,19). The fraction of sp³-hybridized carbons (Fsp3) is 0.188. The highest BCUT2D eigenvalue weighted by Gasteiger charge is 2.10. The molecule has 0 unspecified atom stereocenters. The van der Waals surface area contributed by atoms with Crippen molar-refractivity contribution in [3.8, 4) is 5.75 Å². The minimum absolute atomic E-state index is 0.203. The summed E-state index contributed by atoms with van der Waals surface area (Å²) in [5, 5.41) is 8.72. The summed E-state index contributed by atoms with van der Waals surface area (Å²) in [7, 11) is 0. The van der Waals surface area contributed by atoms with Gasteiger partial charge in [0.05, 0.1) is 18.8 Å². The first-order valence-corrected chi connectivity index (χ1v) is 6.44. The topological polar surface area (TPSA) is 55.8 Å². The zero-order valence-corrected chi connectivity index (χ0v) is 11.3. The van der Waals surface area contributed by atoms with Crippen LogP contribution in [0.15, 0.2) is 48.5 Å². The lowest BCUT2D eigenvalue weighted by Gasteiger charge is -2.07. The van der Waals surface area contributed by atoms with Gasteiger partial charge in [-0.15, -0.1) is 0 Å². The van der Waals surface area contributed by atoms with E-state index < -0.39 is 11.8 Å². The van der Waals surface area contributed by atoms with Crippen LogP contribution in [0.2, 0.25) is 0 Å². The van der Waals surface area contributed by atoms with Crippen molar-refractivity contribution in [3.05, 3.63) is 65.5 Å². The average molecular weight is 290 g/mol. The summed E-state index contributed by atoms with van der Waals surface area (Å²) in [4.78, 5) is 10.7. The van der Waals surface area contributed by atoms with Crippen LogP contribution in [0.4, 0.5) is 4.39 Å². The van der Waals surface area contributed by atoms with Crippen LogP contribution < -0.4 is 4.74 Å². The molecule has 0 amide bonds. The Morgan fingerprint density at radius 2 is 1.86 bits per heavy atom. The number of ether oxygens (including phenoxy) is 2. The van der Waals surface area contributed by atoms with Crippen LogP contribution in [-0.4, -0.2) is 24.3 Å². The summed E-state index contributed by atoms with van der Waals surface area (Å²) in [6.45, 7) is 0.950. The molecule has 0 saturated heterocycles. The molecule has 1 N–H and O–H groups in total. The summed E-state index contributed by atoms with van der Waals surface area (Å²) in [6, 6.07) is 13.3. The van der Waals surface area contributed by atoms with E-state index in [4.69, 9.17) is 14.6 Å². The third-order valence-corrected chi connectivity index (χ3v) is 2.77. The van der Waals surface area contributed by atoms with Gasteiger partial charge in [-0.25, -0.2) is 9.18 Å². The van der Waals surface area contributed by atoms with E-state index >= 15 is 0 Å². The highest BCUT2D eigenvalue weighted by atomic mass is 19.1. The molecule has 21 heavy (non-hydrogen) atoms. The lowest BCUT2D eigenvalue weighted by Crippen LogP contribution is -2.07. The molecule has 0 aliphatic heterocycles. The number of carboxylic acid groups (broad SMARTS) is 1. The van der Waals surface area contributed by atoms with Gasteiger partial charge in [0.2, 0.25) is 0 Å². The maximum Gasteiger partial charge on any atom is 0.338 e. The van der Waals surface area contributed by atoms with Gasteiger partial charge in [0.25, 0.3) is 0 Å². The summed E-state index contributed by atoms with van der Waals surface area (Å²) in [6.07, 6.45) is 0. The molecular formula is C16H15FO4. The van der Waals surface area contributed by atoms with Gasteiger partial charge in [0.1, 0.15) is 18.2 Å². The molecule has 2 aromatic carbocycles. The Labute approximate surface area is 121 Å². The lowest BCUT2D eigenvalue weighted by atomic mass is 10.1. The molecular weight excluding hydrogens is 275 g/mol. The maximum absolute atomic E-state index is 13.4. The Kier molecular flexibility index (Phi) is 5.29. The van der Waals surface area contributed by atoms with E-state index in [0.717, 1.165) is 5.75 Å². The second-order valence-corrected chi connectivity index (χ2v) is 4.33. The summed E-state index contributed by atoms with van der Waals surface area (Å²) < 4.78 is 24.2. The van der Waals surface area contributed by atoms with Crippen molar-refractivity contribution in [2.45, 2.75) is 6.61 Å². The molecule has 0 aromatic heterocycles. The molecule has 0 saturated carbocycles. The smallest absolute Gasteiger partial charge is 0.338 e. The van der Waals surface area contributed by atoms with E-state index in [1.165, 1.54) is 18.2 Å². The van der Waals surface area contributed by atoms with E-state index in [1.54, 1.807) is 0 Å². The number of aromatic carboxylic acids is 1. The molecule has 0 aliphatic rings. The number of benzene rings is 2. The summed E-state index contributed by atoms with van der Waals surface area (Å²) >= 11 is 0. The SMILES string of the molecule is O=C(O)c1ccc(COCCOc2ccccc2)cc1F. The molecule has 0 heterocycles. The van der Waals surface area contributed by atoms with Crippen LogP contribution in [0.25, 0.3) is 0 Å². The molecule has 2 rings (SSSR count). The van der Waals surface area contributed by atoms with Gasteiger partial charge in [-0.05, 0) is 29.8 Å². The number of carbonyl (C=O) groups is 1. The van der Waals surface area contributed by atoms with Crippen LogP contribution in [0.3, 0.4) is 0 Å². The van der Waals surface area contributed by atoms with Crippen molar-refractivity contribution in [2.75, 3.05) is 13.2 Å². The first-order chi connectivity index (χ1) is 10.2. The molecule has 5 heteroatoms.